The maximum absolute atomic E-state index is 11.2. The molecule has 0 atom stereocenters. The monoisotopic (exact) mass is 160 g/mol. The van der Waals surface area contributed by atoms with Crippen molar-refractivity contribution in [3.63, 3.8) is 0 Å². The van der Waals surface area contributed by atoms with Crippen LogP contribution in [-0.4, -0.2) is 5.91 Å². The van der Waals surface area contributed by atoms with Gasteiger partial charge in [0.1, 0.15) is 0 Å². The first kappa shape index (κ1) is 7.06. The van der Waals surface area contributed by atoms with Gasteiger partial charge in [0.05, 0.1) is 0 Å². The summed E-state index contributed by atoms with van der Waals surface area (Å²) in [4.78, 5) is 11.2. The number of nitrogens with one attached hydrogen (secondary N) is 1. The summed E-state index contributed by atoms with van der Waals surface area (Å²) < 4.78 is 0. The summed E-state index contributed by atoms with van der Waals surface area (Å²) >= 11 is 0. The van der Waals surface area contributed by atoms with Crippen molar-refractivity contribution in [2.75, 3.05) is 0 Å². The van der Waals surface area contributed by atoms with E-state index >= 15 is 0 Å². The molecule has 3 N–H and O–H groups in total. The minimum atomic E-state index is -0.240. The minimum absolute atomic E-state index is 0.240. The zero-order valence-corrected chi connectivity index (χ0v) is 6.37. The molecule has 0 aromatic rings. The molecule has 0 aliphatic heterocycles. The van der Waals surface area contributed by atoms with Crippen molar-refractivity contribution in [2.45, 2.75) is 0 Å². The summed E-state index contributed by atoms with van der Waals surface area (Å²) in [6.07, 6.45) is 9.45. The molecule has 2 aliphatic rings. The number of carbonyl (C=O) groups excluding carboxylic acids is 1. The Balaban J connectivity index is 2.44. The highest BCUT2D eigenvalue weighted by molar-refractivity contribution is 6.00. The molecule has 0 aromatic heterocycles. The Labute approximate surface area is 69.9 Å². The second kappa shape index (κ2) is 2.46. The van der Waals surface area contributed by atoms with Crippen molar-refractivity contribution in [1.29, 1.82) is 0 Å². The van der Waals surface area contributed by atoms with E-state index < -0.39 is 0 Å². The first-order valence-electron chi connectivity index (χ1n) is 3.65. The molecular formula is C9H8N2O. The van der Waals surface area contributed by atoms with E-state index in [4.69, 9.17) is 5.84 Å². The van der Waals surface area contributed by atoms with Gasteiger partial charge in [0.25, 0.3) is 5.91 Å². The van der Waals surface area contributed by atoms with Crippen LogP contribution in [0.25, 0.3) is 0 Å². The summed E-state index contributed by atoms with van der Waals surface area (Å²) in [5.41, 5.74) is 4.78. The summed E-state index contributed by atoms with van der Waals surface area (Å²) in [5, 5.41) is 0. The Morgan fingerprint density at radius 1 is 1.33 bits per heavy atom. The van der Waals surface area contributed by atoms with Crippen molar-refractivity contribution in [3.05, 3.63) is 47.1 Å². The van der Waals surface area contributed by atoms with E-state index in [2.05, 4.69) is 5.43 Å². The molecule has 0 radical (unpaired) electrons. The molecule has 0 heterocycles. The molecule has 1 amide bonds. The number of amides is 1. The first-order chi connectivity index (χ1) is 5.83. The van der Waals surface area contributed by atoms with Crippen molar-refractivity contribution < 1.29 is 4.79 Å². The molecule has 60 valence electrons. The van der Waals surface area contributed by atoms with Crippen LogP contribution in [0.3, 0.4) is 0 Å². The molecule has 0 saturated heterocycles. The fourth-order valence-corrected chi connectivity index (χ4v) is 1.36. The lowest BCUT2D eigenvalue weighted by Gasteiger charge is -1.99. The average Bonchev–Trinajstić information content (AvgIpc) is 2.62. The van der Waals surface area contributed by atoms with Crippen LogP contribution in [0.2, 0.25) is 0 Å². The van der Waals surface area contributed by atoms with E-state index in [0.29, 0.717) is 5.57 Å². The molecule has 0 aromatic carbocycles. The third kappa shape index (κ3) is 0.838. The standard InChI is InChI=1S/C9H8N2O/c10-11-9(12)8-5-4-6-2-1-3-7(6)8/h1-5H,10H2,(H,11,12). The summed E-state index contributed by atoms with van der Waals surface area (Å²) in [5.74, 6) is 4.78. The van der Waals surface area contributed by atoms with Gasteiger partial charge in [-0.3, -0.25) is 10.2 Å². The normalized spacial score (nSPS) is 18.2. The number of fused-ring (bicyclic) bond motifs is 1. The van der Waals surface area contributed by atoms with Gasteiger partial charge in [-0.15, -0.1) is 0 Å². The van der Waals surface area contributed by atoms with Crippen molar-refractivity contribution in [3.8, 4) is 0 Å². The zero-order chi connectivity index (χ0) is 8.55. The summed E-state index contributed by atoms with van der Waals surface area (Å²) in [6.45, 7) is 0. The van der Waals surface area contributed by atoms with Gasteiger partial charge in [0.2, 0.25) is 0 Å². The van der Waals surface area contributed by atoms with Crippen LogP contribution in [0, 0.1) is 0 Å². The van der Waals surface area contributed by atoms with Crippen LogP contribution in [-0.2, 0) is 4.79 Å². The zero-order valence-electron chi connectivity index (χ0n) is 6.37. The highest BCUT2D eigenvalue weighted by atomic mass is 16.2. The van der Waals surface area contributed by atoms with Gasteiger partial charge in [-0.05, 0) is 17.2 Å². The number of hydrazine groups is 1. The smallest absolute Gasteiger partial charge is 0.265 e. The third-order valence-electron chi connectivity index (χ3n) is 1.95. The van der Waals surface area contributed by atoms with Gasteiger partial charge in [0.15, 0.2) is 0 Å². The highest BCUT2D eigenvalue weighted by Crippen LogP contribution is 2.29. The van der Waals surface area contributed by atoms with Gasteiger partial charge in [0, 0.05) is 5.57 Å². The van der Waals surface area contributed by atoms with Crippen LogP contribution in [0.4, 0.5) is 0 Å². The molecule has 3 nitrogen and oxygen atoms in total. The fourth-order valence-electron chi connectivity index (χ4n) is 1.36. The fraction of sp³-hybridized carbons (Fsp3) is 0. The molecule has 0 bridgehead atoms. The second-order valence-electron chi connectivity index (χ2n) is 2.62. The average molecular weight is 160 g/mol. The Kier molecular flexibility index (Phi) is 1.45. The maximum atomic E-state index is 11.2. The third-order valence-corrected chi connectivity index (χ3v) is 1.95. The molecule has 3 heteroatoms. The number of carbonyl (C=O) groups is 1. The summed E-state index contributed by atoms with van der Waals surface area (Å²) in [6, 6.07) is 0. The van der Waals surface area contributed by atoms with Gasteiger partial charge < -0.3 is 0 Å². The first-order valence-corrected chi connectivity index (χ1v) is 3.65. The Morgan fingerprint density at radius 2 is 2.17 bits per heavy atom. The van der Waals surface area contributed by atoms with E-state index in [1.807, 2.05) is 24.3 Å². The van der Waals surface area contributed by atoms with Crippen molar-refractivity contribution >= 4 is 5.91 Å². The number of hydrogen-bond donors (Lipinski definition) is 2. The van der Waals surface area contributed by atoms with Crippen molar-refractivity contribution in [2.24, 2.45) is 5.84 Å². The molecule has 12 heavy (non-hydrogen) atoms. The maximum Gasteiger partial charge on any atom is 0.265 e. The van der Waals surface area contributed by atoms with Gasteiger partial charge in [-0.25, -0.2) is 5.84 Å². The van der Waals surface area contributed by atoms with Gasteiger partial charge in [-0.2, -0.15) is 0 Å². The molecule has 2 rings (SSSR count). The Morgan fingerprint density at radius 3 is 2.92 bits per heavy atom. The van der Waals surface area contributed by atoms with E-state index in [-0.39, 0.29) is 5.91 Å². The van der Waals surface area contributed by atoms with Crippen LogP contribution >= 0.6 is 0 Å². The predicted molar refractivity (Wildman–Crippen MR) is 45.7 cm³/mol. The lowest BCUT2D eigenvalue weighted by Crippen LogP contribution is -2.31. The number of nitrogens with two attached hydrogens (primary N) is 1. The van der Waals surface area contributed by atoms with Gasteiger partial charge in [-0.1, -0.05) is 24.3 Å². The molecule has 0 unspecified atom stereocenters. The quantitative estimate of drug-likeness (QED) is 0.330. The molecule has 0 saturated carbocycles. The topological polar surface area (TPSA) is 55.1 Å². The van der Waals surface area contributed by atoms with Crippen molar-refractivity contribution in [1.82, 2.24) is 5.43 Å². The van der Waals surface area contributed by atoms with E-state index in [1.54, 1.807) is 6.08 Å². The molecular weight excluding hydrogens is 152 g/mol. The predicted octanol–water partition coefficient (Wildman–Crippen LogP) is 0.339. The Hall–Kier alpha value is -1.61. The van der Waals surface area contributed by atoms with Gasteiger partial charge >= 0.3 is 0 Å². The SMILES string of the molecule is NNC(=O)C1=C2C=CC=C2C=C1. The largest absolute Gasteiger partial charge is 0.290 e. The van der Waals surface area contributed by atoms with Crippen LogP contribution in [0.1, 0.15) is 0 Å². The van der Waals surface area contributed by atoms with E-state index in [9.17, 15) is 4.79 Å². The number of hydrogen-bond acceptors (Lipinski definition) is 2. The highest BCUT2D eigenvalue weighted by Gasteiger charge is 2.18. The van der Waals surface area contributed by atoms with Crippen LogP contribution in [0.15, 0.2) is 47.1 Å². The second-order valence-corrected chi connectivity index (χ2v) is 2.62. The Bertz CT molecular complexity index is 359. The molecule has 2 aliphatic carbocycles. The van der Waals surface area contributed by atoms with E-state index in [1.165, 1.54) is 0 Å². The van der Waals surface area contributed by atoms with Crippen LogP contribution < -0.4 is 11.3 Å². The number of allylic oxidation sites excluding steroid dienone is 6. The lowest BCUT2D eigenvalue weighted by atomic mass is 10.1. The molecule has 0 fully saturated rings. The number of rotatable bonds is 1. The minimum Gasteiger partial charge on any atom is -0.290 e. The lowest BCUT2D eigenvalue weighted by molar-refractivity contribution is -0.117. The summed E-state index contributed by atoms with van der Waals surface area (Å²) in [7, 11) is 0. The van der Waals surface area contributed by atoms with Crippen LogP contribution in [0.5, 0.6) is 0 Å². The van der Waals surface area contributed by atoms with E-state index in [0.717, 1.165) is 11.1 Å². The molecule has 0 spiro atoms.